The van der Waals surface area contributed by atoms with Crippen molar-refractivity contribution in [1.29, 1.82) is 10.5 Å². The number of thiophene rings is 1. The number of nitriles is 2. The van der Waals surface area contributed by atoms with Gasteiger partial charge in [0.1, 0.15) is 17.7 Å². The number of carbonyl (C=O) groups is 1. The predicted molar refractivity (Wildman–Crippen MR) is 68.9 cm³/mol. The molecule has 3 rings (SSSR count). The van der Waals surface area contributed by atoms with Gasteiger partial charge in [-0.2, -0.15) is 10.5 Å². The van der Waals surface area contributed by atoms with Crippen LogP contribution in [-0.2, 0) is 0 Å². The first kappa shape index (κ1) is 10.7. The summed E-state index contributed by atoms with van der Waals surface area (Å²) in [4.78, 5) is 12.8. The minimum atomic E-state index is 0.000417. The molecule has 1 heterocycles. The van der Waals surface area contributed by atoms with Crippen molar-refractivity contribution in [3.63, 3.8) is 0 Å². The van der Waals surface area contributed by atoms with Gasteiger partial charge in [-0.15, -0.1) is 11.3 Å². The van der Waals surface area contributed by atoms with Gasteiger partial charge in [0.25, 0.3) is 0 Å². The zero-order chi connectivity index (χ0) is 12.7. The lowest BCUT2D eigenvalue weighted by atomic mass is 10.1. The van der Waals surface area contributed by atoms with E-state index in [9.17, 15) is 4.79 Å². The standard InChI is InChI=1S/C14H6N2OS/c15-6-8(7-16)10-5-11(17)13-9-3-1-2-4-12(9)18-14(10)13/h1-4H,5H2. The van der Waals surface area contributed by atoms with E-state index in [1.165, 1.54) is 11.3 Å². The highest BCUT2D eigenvalue weighted by Gasteiger charge is 2.31. The van der Waals surface area contributed by atoms with E-state index in [-0.39, 0.29) is 17.8 Å². The SMILES string of the molecule is N#CC(C#N)=C1CC(=O)c2c1sc1ccccc21. The Morgan fingerprint density at radius 1 is 1.22 bits per heavy atom. The predicted octanol–water partition coefficient (Wildman–Crippen LogP) is 3.29. The molecule has 1 aromatic heterocycles. The third-order valence-electron chi connectivity index (χ3n) is 3.01. The molecule has 1 aliphatic rings. The van der Waals surface area contributed by atoms with Gasteiger partial charge in [0, 0.05) is 32.5 Å². The first-order valence-corrected chi connectivity index (χ1v) is 6.16. The second-order valence-corrected chi connectivity index (χ2v) is 5.03. The van der Waals surface area contributed by atoms with Crippen LogP contribution in [0.4, 0.5) is 0 Å². The van der Waals surface area contributed by atoms with E-state index in [4.69, 9.17) is 10.5 Å². The molecule has 0 amide bonds. The van der Waals surface area contributed by atoms with Gasteiger partial charge in [-0.05, 0) is 6.07 Å². The average molecular weight is 250 g/mol. The van der Waals surface area contributed by atoms with Crippen LogP contribution in [0.5, 0.6) is 0 Å². The highest BCUT2D eigenvalue weighted by molar-refractivity contribution is 7.20. The van der Waals surface area contributed by atoms with Crippen molar-refractivity contribution < 1.29 is 4.79 Å². The molecule has 0 aliphatic heterocycles. The van der Waals surface area contributed by atoms with Crippen molar-refractivity contribution in [3.05, 3.63) is 40.3 Å². The van der Waals surface area contributed by atoms with Crippen LogP contribution in [0.15, 0.2) is 29.8 Å². The average Bonchev–Trinajstić information content (AvgIpc) is 2.90. The summed E-state index contributed by atoms with van der Waals surface area (Å²) in [5.41, 5.74) is 1.31. The highest BCUT2D eigenvalue weighted by atomic mass is 32.1. The van der Waals surface area contributed by atoms with Crippen LogP contribution in [0.3, 0.4) is 0 Å². The molecule has 0 saturated heterocycles. The summed E-state index contributed by atoms with van der Waals surface area (Å²) in [6, 6.07) is 11.4. The first-order valence-electron chi connectivity index (χ1n) is 5.34. The number of ketones is 1. The summed E-state index contributed by atoms with van der Waals surface area (Å²) in [6.45, 7) is 0. The lowest BCUT2D eigenvalue weighted by Gasteiger charge is -1.93. The fraction of sp³-hybridized carbons (Fsp3) is 0.0714. The topological polar surface area (TPSA) is 64.7 Å². The molecule has 0 spiro atoms. The summed E-state index contributed by atoms with van der Waals surface area (Å²) in [5.74, 6) is 0.000417. The summed E-state index contributed by atoms with van der Waals surface area (Å²) >= 11 is 1.48. The molecule has 84 valence electrons. The van der Waals surface area contributed by atoms with E-state index in [0.717, 1.165) is 15.0 Å². The quantitative estimate of drug-likeness (QED) is 0.674. The van der Waals surface area contributed by atoms with Crippen molar-refractivity contribution in [2.24, 2.45) is 0 Å². The zero-order valence-corrected chi connectivity index (χ0v) is 10.0. The number of Topliss-reactive ketones (excluding diaryl/α,β-unsaturated/α-hetero) is 1. The number of fused-ring (bicyclic) bond motifs is 3. The van der Waals surface area contributed by atoms with Crippen molar-refractivity contribution in [3.8, 4) is 12.1 Å². The molecule has 0 fully saturated rings. The van der Waals surface area contributed by atoms with Gasteiger partial charge in [0.15, 0.2) is 5.78 Å². The fourth-order valence-electron chi connectivity index (χ4n) is 2.23. The molecule has 2 aromatic rings. The molecule has 0 radical (unpaired) electrons. The molecule has 0 saturated carbocycles. The molecule has 1 aromatic carbocycles. The molecular weight excluding hydrogens is 244 g/mol. The molecular formula is C14H6N2OS. The van der Waals surface area contributed by atoms with Crippen molar-refractivity contribution in [2.45, 2.75) is 6.42 Å². The maximum Gasteiger partial charge on any atom is 0.169 e. The second kappa shape index (κ2) is 3.80. The smallest absolute Gasteiger partial charge is 0.169 e. The van der Waals surface area contributed by atoms with E-state index in [0.29, 0.717) is 11.1 Å². The Hall–Kier alpha value is -2.43. The van der Waals surface area contributed by atoms with E-state index in [1.807, 2.05) is 36.4 Å². The van der Waals surface area contributed by atoms with Gasteiger partial charge in [0.05, 0.1) is 0 Å². The van der Waals surface area contributed by atoms with E-state index < -0.39 is 0 Å². The maximum absolute atomic E-state index is 12.0. The van der Waals surface area contributed by atoms with Crippen molar-refractivity contribution >= 4 is 32.8 Å². The zero-order valence-electron chi connectivity index (χ0n) is 9.23. The minimum Gasteiger partial charge on any atom is -0.294 e. The van der Waals surface area contributed by atoms with E-state index in [1.54, 1.807) is 0 Å². The van der Waals surface area contributed by atoms with Crippen LogP contribution in [-0.4, -0.2) is 5.78 Å². The van der Waals surface area contributed by atoms with Gasteiger partial charge in [0.2, 0.25) is 0 Å². The Labute approximate surface area is 107 Å². The molecule has 0 bridgehead atoms. The number of hydrogen-bond acceptors (Lipinski definition) is 4. The van der Waals surface area contributed by atoms with E-state index >= 15 is 0 Å². The van der Waals surface area contributed by atoms with Gasteiger partial charge >= 0.3 is 0 Å². The number of nitrogens with zero attached hydrogens (tertiary/aromatic N) is 2. The summed E-state index contributed by atoms with van der Waals surface area (Å²) < 4.78 is 1.02. The Bertz CT molecular complexity index is 783. The normalized spacial score (nSPS) is 13.2. The maximum atomic E-state index is 12.0. The number of benzene rings is 1. The summed E-state index contributed by atoms with van der Waals surface area (Å²) in [5, 5.41) is 18.8. The van der Waals surface area contributed by atoms with Crippen LogP contribution in [0.2, 0.25) is 0 Å². The fourth-order valence-corrected chi connectivity index (χ4v) is 3.50. The Balaban J connectivity index is 2.40. The summed E-state index contributed by atoms with van der Waals surface area (Å²) in [7, 11) is 0. The van der Waals surface area contributed by atoms with Gasteiger partial charge in [-0.1, -0.05) is 18.2 Å². The third kappa shape index (κ3) is 1.30. The van der Waals surface area contributed by atoms with Gasteiger partial charge < -0.3 is 0 Å². The molecule has 1 aliphatic carbocycles. The lowest BCUT2D eigenvalue weighted by Crippen LogP contribution is -1.89. The largest absolute Gasteiger partial charge is 0.294 e. The highest BCUT2D eigenvalue weighted by Crippen LogP contribution is 2.44. The van der Waals surface area contributed by atoms with Crippen LogP contribution in [0.25, 0.3) is 15.7 Å². The van der Waals surface area contributed by atoms with Crippen LogP contribution >= 0.6 is 11.3 Å². The minimum absolute atomic E-state index is 0.000417. The molecule has 0 unspecified atom stereocenters. The third-order valence-corrected chi connectivity index (χ3v) is 4.24. The molecule has 0 N–H and O–H groups in total. The molecule has 0 atom stereocenters. The molecule has 18 heavy (non-hydrogen) atoms. The first-order chi connectivity index (χ1) is 8.76. The van der Waals surface area contributed by atoms with Gasteiger partial charge in [-0.25, -0.2) is 0 Å². The van der Waals surface area contributed by atoms with Crippen molar-refractivity contribution in [2.75, 3.05) is 0 Å². The number of allylic oxidation sites excluding steroid dienone is 2. The van der Waals surface area contributed by atoms with Crippen LogP contribution in [0.1, 0.15) is 21.7 Å². The van der Waals surface area contributed by atoms with Crippen LogP contribution < -0.4 is 0 Å². The Morgan fingerprint density at radius 2 is 1.94 bits per heavy atom. The number of hydrogen-bond donors (Lipinski definition) is 0. The second-order valence-electron chi connectivity index (χ2n) is 3.98. The molecule has 4 heteroatoms. The molecule has 3 nitrogen and oxygen atoms in total. The Kier molecular flexibility index (Phi) is 2.26. The Morgan fingerprint density at radius 3 is 2.67 bits per heavy atom. The number of carbonyl (C=O) groups excluding carboxylic acids is 1. The van der Waals surface area contributed by atoms with Crippen molar-refractivity contribution in [1.82, 2.24) is 0 Å². The van der Waals surface area contributed by atoms with E-state index in [2.05, 4.69) is 0 Å². The lowest BCUT2D eigenvalue weighted by molar-refractivity contribution is 0.101. The summed E-state index contributed by atoms with van der Waals surface area (Å²) in [6.07, 6.45) is 0.169. The van der Waals surface area contributed by atoms with Gasteiger partial charge in [-0.3, -0.25) is 4.79 Å². The number of rotatable bonds is 0. The van der Waals surface area contributed by atoms with Crippen LogP contribution in [0, 0.1) is 22.7 Å². The monoisotopic (exact) mass is 250 g/mol.